The Hall–Kier alpha value is -2.30. The molecule has 2 N–H and O–H groups in total. The lowest BCUT2D eigenvalue weighted by atomic mass is 10.0. The first-order valence-electron chi connectivity index (χ1n) is 8.06. The third kappa shape index (κ3) is 3.73. The van der Waals surface area contributed by atoms with Crippen molar-refractivity contribution in [3.05, 3.63) is 35.1 Å². The zero-order chi connectivity index (χ0) is 16.4. The molecular weight excluding hydrogens is 292 g/mol. The molecule has 3 rings (SSSR count). The van der Waals surface area contributed by atoms with E-state index in [0.717, 1.165) is 29.4 Å². The molecule has 1 aromatic heterocycles. The fraction of sp³-hybridized carbons (Fsp3) is 0.444. The maximum absolute atomic E-state index is 12.0. The monoisotopic (exact) mass is 314 g/mol. The molecule has 1 fully saturated rings. The molecule has 122 valence electrons. The minimum Gasteiger partial charge on any atom is -0.464 e. The minimum absolute atomic E-state index is 0.0633. The van der Waals surface area contributed by atoms with E-state index < -0.39 is 0 Å². The Kier molecular flexibility index (Phi) is 4.37. The number of amides is 2. The van der Waals surface area contributed by atoms with E-state index in [-0.39, 0.29) is 24.2 Å². The van der Waals surface area contributed by atoms with Crippen molar-refractivity contribution in [3.63, 3.8) is 0 Å². The van der Waals surface area contributed by atoms with Crippen LogP contribution in [-0.2, 0) is 16.0 Å². The van der Waals surface area contributed by atoms with Gasteiger partial charge in [0.25, 0.3) is 0 Å². The summed E-state index contributed by atoms with van der Waals surface area (Å²) in [6.45, 7) is 5.02. The van der Waals surface area contributed by atoms with E-state index in [0.29, 0.717) is 13.1 Å². The lowest BCUT2D eigenvalue weighted by molar-refractivity contribution is -0.123. The molecule has 1 heterocycles. The summed E-state index contributed by atoms with van der Waals surface area (Å²) in [6, 6.07) is 4.06. The molecule has 0 atom stereocenters. The molecule has 5 nitrogen and oxygen atoms in total. The van der Waals surface area contributed by atoms with Gasteiger partial charge < -0.3 is 15.1 Å². The first-order chi connectivity index (χ1) is 11.0. The smallest absolute Gasteiger partial charge is 0.224 e. The number of benzene rings is 1. The number of rotatable bonds is 6. The van der Waals surface area contributed by atoms with Gasteiger partial charge in [-0.2, -0.15) is 0 Å². The first-order valence-corrected chi connectivity index (χ1v) is 8.06. The Morgan fingerprint density at radius 2 is 1.83 bits per heavy atom. The van der Waals surface area contributed by atoms with Gasteiger partial charge in [-0.05, 0) is 49.9 Å². The summed E-state index contributed by atoms with van der Waals surface area (Å²) in [5.74, 6) is 0.243. The molecular formula is C18H22N2O3. The van der Waals surface area contributed by atoms with Crippen LogP contribution in [-0.4, -0.2) is 24.9 Å². The lowest BCUT2D eigenvalue weighted by Gasteiger charge is -2.06. The molecule has 0 spiro atoms. The Morgan fingerprint density at radius 3 is 2.57 bits per heavy atom. The molecule has 0 aliphatic heterocycles. The molecule has 1 saturated carbocycles. The van der Waals surface area contributed by atoms with Crippen LogP contribution in [0.25, 0.3) is 11.0 Å². The highest BCUT2D eigenvalue weighted by Crippen LogP contribution is 2.28. The highest BCUT2D eigenvalue weighted by Gasteiger charge is 2.28. The molecule has 0 unspecified atom stereocenters. The van der Waals surface area contributed by atoms with E-state index in [9.17, 15) is 9.59 Å². The summed E-state index contributed by atoms with van der Waals surface area (Å²) < 4.78 is 5.54. The molecule has 1 aliphatic rings. The van der Waals surface area contributed by atoms with Crippen molar-refractivity contribution in [2.24, 2.45) is 5.92 Å². The molecule has 2 aromatic rings. The number of aryl methyl sites for hydroxylation is 2. The van der Waals surface area contributed by atoms with Gasteiger partial charge in [-0.25, -0.2) is 0 Å². The Labute approximate surface area is 135 Å². The van der Waals surface area contributed by atoms with Crippen molar-refractivity contribution in [1.82, 2.24) is 10.6 Å². The zero-order valence-electron chi connectivity index (χ0n) is 13.6. The number of hydrogen-bond acceptors (Lipinski definition) is 3. The van der Waals surface area contributed by atoms with Crippen molar-refractivity contribution in [3.8, 4) is 0 Å². The molecule has 1 aromatic carbocycles. The quantitative estimate of drug-likeness (QED) is 0.803. The number of carbonyl (C=O) groups is 2. The van der Waals surface area contributed by atoms with E-state index >= 15 is 0 Å². The summed E-state index contributed by atoms with van der Waals surface area (Å²) in [6.07, 6.45) is 3.92. The standard InChI is InChI=1S/C18H22N2O3/c1-11-7-15-14(10-23-16(15)8-12(11)2)9-17(21)19-5-6-20-18(22)13-3-4-13/h7-8,10,13H,3-6,9H2,1-2H3,(H,19,21)(H,20,22). The van der Waals surface area contributed by atoms with Gasteiger partial charge in [0.05, 0.1) is 12.7 Å². The third-order valence-corrected chi connectivity index (χ3v) is 4.32. The number of fused-ring (bicyclic) bond motifs is 1. The lowest BCUT2D eigenvalue weighted by Crippen LogP contribution is -2.35. The van der Waals surface area contributed by atoms with E-state index in [4.69, 9.17) is 4.42 Å². The van der Waals surface area contributed by atoms with Gasteiger partial charge in [-0.3, -0.25) is 9.59 Å². The Balaban J connectivity index is 1.51. The van der Waals surface area contributed by atoms with Gasteiger partial charge in [0.1, 0.15) is 5.58 Å². The maximum atomic E-state index is 12.0. The molecule has 0 saturated heterocycles. The summed E-state index contributed by atoms with van der Waals surface area (Å²) in [7, 11) is 0. The summed E-state index contributed by atoms with van der Waals surface area (Å²) in [5, 5.41) is 6.65. The van der Waals surface area contributed by atoms with Crippen molar-refractivity contribution in [2.45, 2.75) is 33.1 Å². The van der Waals surface area contributed by atoms with Crippen LogP contribution in [0, 0.1) is 19.8 Å². The number of furan rings is 1. The molecule has 5 heteroatoms. The normalized spacial score (nSPS) is 14.0. The van der Waals surface area contributed by atoms with Crippen LogP contribution in [0.2, 0.25) is 0 Å². The SMILES string of the molecule is Cc1cc2occ(CC(=O)NCCNC(=O)C3CC3)c2cc1C. The molecule has 2 amide bonds. The minimum atomic E-state index is -0.0633. The molecule has 0 radical (unpaired) electrons. The second kappa shape index (κ2) is 6.44. The summed E-state index contributed by atoms with van der Waals surface area (Å²) in [5.41, 5.74) is 4.06. The largest absolute Gasteiger partial charge is 0.464 e. The number of nitrogens with one attached hydrogen (secondary N) is 2. The van der Waals surface area contributed by atoms with Gasteiger partial charge in [0, 0.05) is 30.0 Å². The van der Waals surface area contributed by atoms with E-state index in [1.807, 2.05) is 19.9 Å². The summed E-state index contributed by atoms with van der Waals surface area (Å²) in [4.78, 5) is 23.5. The van der Waals surface area contributed by atoms with E-state index in [2.05, 4.69) is 16.7 Å². The Morgan fingerprint density at radius 1 is 1.13 bits per heavy atom. The van der Waals surface area contributed by atoms with Crippen LogP contribution in [0.1, 0.15) is 29.5 Å². The van der Waals surface area contributed by atoms with Gasteiger partial charge in [0.2, 0.25) is 11.8 Å². The predicted octanol–water partition coefficient (Wildman–Crippen LogP) is 2.23. The van der Waals surface area contributed by atoms with Gasteiger partial charge in [-0.1, -0.05) is 0 Å². The first kappa shape index (κ1) is 15.6. The highest BCUT2D eigenvalue weighted by atomic mass is 16.3. The van der Waals surface area contributed by atoms with Crippen molar-refractivity contribution in [1.29, 1.82) is 0 Å². The fourth-order valence-corrected chi connectivity index (χ4v) is 2.59. The van der Waals surface area contributed by atoms with Crippen LogP contribution in [0.15, 0.2) is 22.8 Å². The second-order valence-corrected chi connectivity index (χ2v) is 6.29. The maximum Gasteiger partial charge on any atom is 0.224 e. The van der Waals surface area contributed by atoms with Crippen LogP contribution in [0.5, 0.6) is 0 Å². The van der Waals surface area contributed by atoms with Gasteiger partial charge in [-0.15, -0.1) is 0 Å². The van der Waals surface area contributed by atoms with E-state index in [1.165, 1.54) is 11.1 Å². The van der Waals surface area contributed by atoms with Crippen LogP contribution in [0.3, 0.4) is 0 Å². The fourth-order valence-electron chi connectivity index (χ4n) is 2.59. The molecule has 23 heavy (non-hydrogen) atoms. The third-order valence-electron chi connectivity index (χ3n) is 4.32. The topological polar surface area (TPSA) is 71.3 Å². The van der Waals surface area contributed by atoms with Gasteiger partial charge >= 0.3 is 0 Å². The van der Waals surface area contributed by atoms with E-state index in [1.54, 1.807) is 6.26 Å². The number of hydrogen-bond donors (Lipinski definition) is 2. The van der Waals surface area contributed by atoms with Crippen molar-refractivity contribution in [2.75, 3.05) is 13.1 Å². The molecule has 1 aliphatic carbocycles. The Bertz CT molecular complexity index is 744. The van der Waals surface area contributed by atoms with Crippen molar-refractivity contribution >= 4 is 22.8 Å². The van der Waals surface area contributed by atoms with Crippen LogP contribution < -0.4 is 10.6 Å². The summed E-state index contributed by atoms with van der Waals surface area (Å²) >= 11 is 0. The van der Waals surface area contributed by atoms with Crippen LogP contribution >= 0.6 is 0 Å². The predicted molar refractivity (Wildman–Crippen MR) is 88.1 cm³/mol. The van der Waals surface area contributed by atoms with Crippen LogP contribution in [0.4, 0.5) is 0 Å². The molecule has 0 bridgehead atoms. The second-order valence-electron chi connectivity index (χ2n) is 6.29. The average Bonchev–Trinajstić information content (AvgIpc) is 3.30. The zero-order valence-corrected chi connectivity index (χ0v) is 13.6. The number of carbonyl (C=O) groups excluding carboxylic acids is 2. The highest BCUT2D eigenvalue weighted by molar-refractivity contribution is 5.88. The van der Waals surface area contributed by atoms with Crippen molar-refractivity contribution < 1.29 is 14.0 Å². The van der Waals surface area contributed by atoms with Gasteiger partial charge in [0.15, 0.2) is 0 Å². The average molecular weight is 314 g/mol.